The van der Waals surface area contributed by atoms with Gasteiger partial charge in [0.25, 0.3) is 0 Å². The predicted molar refractivity (Wildman–Crippen MR) is 75.3 cm³/mol. The second-order valence-corrected chi connectivity index (χ2v) is 5.05. The largest absolute Gasteiger partial charge is 0.472 e. The molecule has 3 aromatic rings. The van der Waals surface area contributed by atoms with Crippen molar-refractivity contribution in [2.75, 3.05) is 0 Å². The van der Waals surface area contributed by atoms with Gasteiger partial charge in [-0.05, 0) is 25.5 Å². The van der Waals surface area contributed by atoms with Gasteiger partial charge < -0.3 is 14.3 Å². The van der Waals surface area contributed by atoms with Crippen LogP contribution in [0.4, 0.5) is 0 Å². The third kappa shape index (κ3) is 3.38. The quantitative estimate of drug-likeness (QED) is 0.747. The summed E-state index contributed by atoms with van der Waals surface area (Å²) >= 11 is 0. The first-order chi connectivity index (χ1) is 10.2. The normalized spacial score (nSPS) is 12.7. The summed E-state index contributed by atoms with van der Waals surface area (Å²) in [5, 5.41) is 11.5. The van der Waals surface area contributed by atoms with Crippen LogP contribution in [0.25, 0.3) is 11.4 Å². The summed E-state index contributed by atoms with van der Waals surface area (Å²) in [5.41, 5.74) is 1.97. The summed E-state index contributed by atoms with van der Waals surface area (Å²) in [6.45, 7) is 5.42. The van der Waals surface area contributed by atoms with Crippen LogP contribution in [0.5, 0.6) is 0 Å². The molecule has 3 rings (SSSR count). The molecule has 7 nitrogen and oxygen atoms in total. The van der Waals surface area contributed by atoms with Crippen molar-refractivity contribution < 1.29 is 8.94 Å². The van der Waals surface area contributed by atoms with E-state index in [1.165, 1.54) is 0 Å². The van der Waals surface area contributed by atoms with Crippen molar-refractivity contribution in [3.05, 3.63) is 42.4 Å². The molecule has 110 valence electrons. The second kappa shape index (κ2) is 5.92. The van der Waals surface area contributed by atoms with E-state index >= 15 is 0 Å². The van der Waals surface area contributed by atoms with Crippen LogP contribution in [0.1, 0.15) is 18.4 Å². The molecule has 1 N–H and O–H groups in total. The number of aryl methyl sites for hydroxylation is 1. The minimum Gasteiger partial charge on any atom is -0.472 e. The van der Waals surface area contributed by atoms with Gasteiger partial charge in [-0.15, -0.1) is 0 Å². The highest BCUT2D eigenvalue weighted by Crippen LogP contribution is 2.15. The average Bonchev–Trinajstić information content (AvgIpc) is 3.17. The summed E-state index contributed by atoms with van der Waals surface area (Å²) in [6.07, 6.45) is 7.03. The lowest BCUT2D eigenvalue weighted by Gasteiger charge is -2.11. The lowest BCUT2D eigenvalue weighted by molar-refractivity contribution is 0.350. The Bertz CT molecular complexity index is 686. The van der Waals surface area contributed by atoms with Gasteiger partial charge in [0.15, 0.2) is 0 Å². The zero-order chi connectivity index (χ0) is 14.7. The number of hydrogen-bond acceptors (Lipinski definition) is 6. The van der Waals surface area contributed by atoms with E-state index < -0.39 is 0 Å². The fraction of sp³-hybridized carbons (Fsp3) is 0.357. The highest BCUT2D eigenvalue weighted by atomic mass is 16.5. The molecule has 0 spiro atoms. The SMILES string of the molecule is Cc1cnn(CC(C)NCc2nc(-c3ccoc3)no2)c1. The highest BCUT2D eigenvalue weighted by molar-refractivity contribution is 5.51. The van der Waals surface area contributed by atoms with E-state index in [1.54, 1.807) is 18.6 Å². The third-order valence-corrected chi connectivity index (χ3v) is 3.07. The molecular weight excluding hydrogens is 270 g/mol. The van der Waals surface area contributed by atoms with Crippen molar-refractivity contribution in [1.82, 2.24) is 25.2 Å². The summed E-state index contributed by atoms with van der Waals surface area (Å²) in [6, 6.07) is 2.04. The van der Waals surface area contributed by atoms with E-state index in [0.717, 1.165) is 17.7 Å². The molecule has 0 bridgehead atoms. The predicted octanol–water partition coefficient (Wildman–Crippen LogP) is 2.01. The minimum atomic E-state index is 0.244. The smallest absolute Gasteiger partial charge is 0.240 e. The molecule has 0 aromatic carbocycles. The molecular formula is C14H17N5O2. The Morgan fingerprint density at radius 1 is 1.43 bits per heavy atom. The molecule has 0 aliphatic rings. The van der Waals surface area contributed by atoms with Crippen LogP contribution in [0.15, 0.2) is 39.9 Å². The maximum Gasteiger partial charge on any atom is 0.240 e. The number of hydrogen-bond donors (Lipinski definition) is 1. The number of aromatic nitrogens is 4. The Hall–Kier alpha value is -2.41. The van der Waals surface area contributed by atoms with E-state index in [-0.39, 0.29) is 6.04 Å². The van der Waals surface area contributed by atoms with Crippen molar-refractivity contribution in [3.8, 4) is 11.4 Å². The maximum atomic E-state index is 5.21. The molecule has 1 unspecified atom stereocenters. The molecule has 7 heteroatoms. The molecule has 0 aliphatic carbocycles. The Labute approximate surface area is 122 Å². The standard InChI is InChI=1S/C14H17N5O2/c1-10-5-16-19(7-10)8-11(2)15-6-13-17-14(18-21-13)12-3-4-20-9-12/h3-5,7,9,11,15H,6,8H2,1-2H3. The summed E-state index contributed by atoms with van der Waals surface area (Å²) in [4.78, 5) is 4.31. The van der Waals surface area contributed by atoms with Crippen molar-refractivity contribution in [2.24, 2.45) is 0 Å². The third-order valence-electron chi connectivity index (χ3n) is 3.07. The lowest BCUT2D eigenvalue weighted by atomic mass is 10.3. The van der Waals surface area contributed by atoms with E-state index in [1.807, 2.05) is 24.0 Å². The highest BCUT2D eigenvalue weighted by Gasteiger charge is 2.11. The zero-order valence-electron chi connectivity index (χ0n) is 12.0. The Balaban J connectivity index is 1.53. The van der Waals surface area contributed by atoms with Crippen LogP contribution < -0.4 is 5.32 Å². The van der Waals surface area contributed by atoms with Gasteiger partial charge in [-0.3, -0.25) is 4.68 Å². The van der Waals surface area contributed by atoms with E-state index in [2.05, 4.69) is 27.5 Å². The van der Waals surface area contributed by atoms with Crippen molar-refractivity contribution >= 4 is 0 Å². The van der Waals surface area contributed by atoms with Crippen LogP contribution in [-0.4, -0.2) is 26.0 Å². The van der Waals surface area contributed by atoms with Crippen molar-refractivity contribution in [1.29, 1.82) is 0 Å². The van der Waals surface area contributed by atoms with Crippen molar-refractivity contribution in [3.63, 3.8) is 0 Å². The Morgan fingerprint density at radius 3 is 3.05 bits per heavy atom. The molecule has 0 fully saturated rings. The van der Waals surface area contributed by atoms with Crippen LogP contribution >= 0.6 is 0 Å². The van der Waals surface area contributed by atoms with Gasteiger partial charge in [0.2, 0.25) is 11.7 Å². The number of nitrogens with zero attached hydrogens (tertiary/aromatic N) is 4. The molecule has 0 radical (unpaired) electrons. The fourth-order valence-corrected chi connectivity index (χ4v) is 2.01. The monoisotopic (exact) mass is 287 g/mol. The number of nitrogens with one attached hydrogen (secondary N) is 1. The number of rotatable bonds is 6. The Kier molecular flexibility index (Phi) is 3.83. The molecule has 0 amide bonds. The fourth-order valence-electron chi connectivity index (χ4n) is 2.01. The molecule has 0 saturated carbocycles. The molecule has 3 heterocycles. The average molecular weight is 287 g/mol. The lowest BCUT2D eigenvalue weighted by Crippen LogP contribution is -2.30. The van der Waals surface area contributed by atoms with E-state index in [4.69, 9.17) is 8.94 Å². The first-order valence-electron chi connectivity index (χ1n) is 6.78. The van der Waals surface area contributed by atoms with Gasteiger partial charge in [-0.2, -0.15) is 10.1 Å². The Morgan fingerprint density at radius 2 is 2.33 bits per heavy atom. The molecule has 0 aliphatic heterocycles. The van der Waals surface area contributed by atoms with Crippen molar-refractivity contribution in [2.45, 2.75) is 33.0 Å². The molecule has 1 atom stereocenters. The summed E-state index contributed by atoms with van der Waals surface area (Å²) in [5.74, 6) is 1.09. The minimum absolute atomic E-state index is 0.244. The van der Waals surface area contributed by atoms with Crippen LogP contribution in [0.2, 0.25) is 0 Å². The van der Waals surface area contributed by atoms with Gasteiger partial charge >= 0.3 is 0 Å². The topological polar surface area (TPSA) is 81.9 Å². The number of furan rings is 1. The molecule has 0 saturated heterocycles. The summed E-state index contributed by atoms with van der Waals surface area (Å²) < 4.78 is 12.1. The van der Waals surface area contributed by atoms with Gasteiger partial charge in [0, 0.05) is 12.2 Å². The van der Waals surface area contributed by atoms with E-state index in [9.17, 15) is 0 Å². The first kappa shape index (κ1) is 13.6. The maximum absolute atomic E-state index is 5.21. The van der Waals surface area contributed by atoms with Crippen LogP contribution in [0, 0.1) is 6.92 Å². The van der Waals surface area contributed by atoms with Crippen LogP contribution in [-0.2, 0) is 13.1 Å². The second-order valence-electron chi connectivity index (χ2n) is 5.05. The van der Waals surface area contributed by atoms with Gasteiger partial charge in [-0.25, -0.2) is 0 Å². The first-order valence-corrected chi connectivity index (χ1v) is 6.78. The van der Waals surface area contributed by atoms with E-state index in [0.29, 0.717) is 18.3 Å². The van der Waals surface area contributed by atoms with Crippen LogP contribution in [0.3, 0.4) is 0 Å². The zero-order valence-corrected chi connectivity index (χ0v) is 12.0. The van der Waals surface area contributed by atoms with Gasteiger partial charge in [0.05, 0.1) is 31.1 Å². The molecule has 3 aromatic heterocycles. The van der Waals surface area contributed by atoms with Gasteiger partial charge in [-0.1, -0.05) is 5.16 Å². The van der Waals surface area contributed by atoms with Gasteiger partial charge in [0.1, 0.15) is 6.26 Å². The summed E-state index contributed by atoms with van der Waals surface area (Å²) in [7, 11) is 0. The molecule has 21 heavy (non-hydrogen) atoms.